The highest BCUT2D eigenvalue weighted by atomic mass is 16.1. The van der Waals surface area contributed by atoms with Gasteiger partial charge in [0.1, 0.15) is 0 Å². The molecule has 0 bridgehead atoms. The van der Waals surface area contributed by atoms with Crippen LogP contribution >= 0.6 is 0 Å². The lowest BCUT2D eigenvalue weighted by molar-refractivity contribution is -0.125. The van der Waals surface area contributed by atoms with E-state index in [0.717, 1.165) is 31.9 Å². The number of nitrogens with zero attached hydrogens (tertiary/aromatic N) is 2. The molecule has 23 heavy (non-hydrogen) atoms. The number of aliphatic imine (C=N–C) groups is 1. The summed E-state index contributed by atoms with van der Waals surface area (Å²) in [6, 6.07) is 4.03. The Morgan fingerprint density at radius 1 is 1.04 bits per heavy atom. The van der Waals surface area contributed by atoms with Gasteiger partial charge in [-0.2, -0.15) is 0 Å². The SMILES string of the molecule is CN=C(NCCNC(=O)C1CCCCC1)NCCn1cccc1. The first-order valence-corrected chi connectivity index (χ1v) is 8.62. The van der Waals surface area contributed by atoms with Crippen molar-refractivity contribution in [2.45, 2.75) is 38.6 Å². The van der Waals surface area contributed by atoms with Gasteiger partial charge < -0.3 is 20.5 Å². The summed E-state index contributed by atoms with van der Waals surface area (Å²) in [6.45, 7) is 3.02. The molecule has 0 radical (unpaired) electrons. The molecule has 0 atom stereocenters. The molecule has 1 aromatic heterocycles. The minimum atomic E-state index is 0.210. The molecule has 6 heteroatoms. The summed E-state index contributed by atoms with van der Waals surface area (Å²) < 4.78 is 2.12. The standard InChI is InChI=1S/C17H29N5O/c1-18-17(21-11-14-22-12-5-6-13-22)20-10-9-19-16(23)15-7-3-2-4-8-15/h5-6,12-13,15H,2-4,7-11,14H2,1H3,(H,19,23)(H2,18,20,21). The zero-order chi connectivity index (χ0) is 16.3. The summed E-state index contributed by atoms with van der Waals surface area (Å²) in [5, 5.41) is 9.51. The minimum Gasteiger partial charge on any atom is -0.355 e. The third kappa shape index (κ3) is 6.34. The Hall–Kier alpha value is -1.98. The predicted octanol–water partition coefficient (Wildman–Crippen LogP) is 1.35. The molecule has 1 heterocycles. The van der Waals surface area contributed by atoms with Crippen LogP contribution in [0.25, 0.3) is 0 Å². The smallest absolute Gasteiger partial charge is 0.223 e. The number of aromatic nitrogens is 1. The number of hydrogen-bond donors (Lipinski definition) is 3. The average Bonchev–Trinajstić information content (AvgIpc) is 3.11. The van der Waals surface area contributed by atoms with Gasteiger partial charge in [-0.3, -0.25) is 9.79 Å². The van der Waals surface area contributed by atoms with E-state index in [4.69, 9.17) is 0 Å². The largest absolute Gasteiger partial charge is 0.355 e. The van der Waals surface area contributed by atoms with Gasteiger partial charge in [-0.15, -0.1) is 0 Å². The molecule has 1 fully saturated rings. The molecule has 0 aliphatic heterocycles. The Kier molecular flexibility index (Phi) is 7.49. The van der Waals surface area contributed by atoms with Crippen molar-refractivity contribution in [3.63, 3.8) is 0 Å². The topological polar surface area (TPSA) is 70.4 Å². The molecule has 1 amide bonds. The first kappa shape index (κ1) is 17.4. The van der Waals surface area contributed by atoms with Crippen LogP contribution in [0.5, 0.6) is 0 Å². The van der Waals surface area contributed by atoms with Crippen LogP contribution < -0.4 is 16.0 Å². The van der Waals surface area contributed by atoms with E-state index < -0.39 is 0 Å². The molecule has 128 valence electrons. The number of carbonyl (C=O) groups excluding carboxylic acids is 1. The summed E-state index contributed by atoms with van der Waals surface area (Å²) in [5.41, 5.74) is 0. The first-order valence-electron chi connectivity index (χ1n) is 8.62. The fourth-order valence-electron chi connectivity index (χ4n) is 2.92. The molecular formula is C17H29N5O. The van der Waals surface area contributed by atoms with Gasteiger partial charge in [0.2, 0.25) is 5.91 Å². The van der Waals surface area contributed by atoms with Gasteiger partial charge in [-0.05, 0) is 25.0 Å². The second-order valence-electron chi connectivity index (χ2n) is 5.97. The molecule has 0 unspecified atom stereocenters. The normalized spacial score (nSPS) is 16.1. The lowest BCUT2D eigenvalue weighted by Gasteiger charge is -2.21. The van der Waals surface area contributed by atoms with Crippen molar-refractivity contribution in [1.29, 1.82) is 0 Å². The number of rotatable bonds is 7. The Bertz CT molecular complexity index is 477. The maximum Gasteiger partial charge on any atom is 0.223 e. The Morgan fingerprint density at radius 3 is 2.39 bits per heavy atom. The molecule has 6 nitrogen and oxygen atoms in total. The van der Waals surface area contributed by atoms with Gasteiger partial charge in [0.15, 0.2) is 5.96 Å². The van der Waals surface area contributed by atoms with E-state index >= 15 is 0 Å². The average molecular weight is 319 g/mol. The third-order valence-electron chi connectivity index (χ3n) is 4.24. The Labute approximate surface area is 138 Å². The van der Waals surface area contributed by atoms with Crippen molar-refractivity contribution in [2.24, 2.45) is 10.9 Å². The molecule has 1 aromatic rings. The number of carbonyl (C=O) groups is 1. The summed E-state index contributed by atoms with van der Waals surface area (Å²) in [7, 11) is 1.76. The van der Waals surface area contributed by atoms with Gasteiger partial charge in [-0.1, -0.05) is 19.3 Å². The summed E-state index contributed by atoms with van der Waals surface area (Å²) in [5.74, 6) is 1.20. The second kappa shape index (κ2) is 9.92. The van der Waals surface area contributed by atoms with E-state index in [1.807, 2.05) is 24.5 Å². The molecule has 1 aliphatic carbocycles. The van der Waals surface area contributed by atoms with Crippen molar-refractivity contribution >= 4 is 11.9 Å². The lowest BCUT2D eigenvalue weighted by Crippen LogP contribution is -2.43. The van der Waals surface area contributed by atoms with Crippen LogP contribution in [0.15, 0.2) is 29.5 Å². The third-order valence-corrected chi connectivity index (χ3v) is 4.24. The van der Waals surface area contributed by atoms with Gasteiger partial charge >= 0.3 is 0 Å². The Morgan fingerprint density at radius 2 is 1.70 bits per heavy atom. The van der Waals surface area contributed by atoms with Crippen molar-refractivity contribution in [2.75, 3.05) is 26.7 Å². The van der Waals surface area contributed by atoms with Crippen LogP contribution in [0, 0.1) is 5.92 Å². The molecule has 3 N–H and O–H groups in total. The quantitative estimate of drug-likeness (QED) is 0.404. The maximum atomic E-state index is 12.0. The highest BCUT2D eigenvalue weighted by Gasteiger charge is 2.20. The van der Waals surface area contributed by atoms with Crippen LogP contribution in [0.3, 0.4) is 0 Å². The lowest BCUT2D eigenvalue weighted by atomic mass is 9.89. The number of guanidine groups is 1. The number of nitrogens with one attached hydrogen (secondary N) is 3. The zero-order valence-electron chi connectivity index (χ0n) is 14.1. The van der Waals surface area contributed by atoms with E-state index in [1.165, 1.54) is 19.3 Å². The number of amides is 1. The second-order valence-corrected chi connectivity index (χ2v) is 5.97. The molecule has 0 saturated heterocycles. The maximum absolute atomic E-state index is 12.0. The molecule has 1 saturated carbocycles. The van der Waals surface area contributed by atoms with Gasteiger partial charge in [-0.25, -0.2) is 0 Å². The van der Waals surface area contributed by atoms with E-state index in [1.54, 1.807) is 7.05 Å². The zero-order valence-corrected chi connectivity index (χ0v) is 14.1. The monoisotopic (exact) mass is 319 g/mol. The highest BCUT2D eigenvalue weighted by Crippen LogP contribution is 2.23. The summed E-state index contributed by atoms with van der Waals surface area (Å²) >= 11 is 0. The van der Waals surface area contributed by atoms with Gasteiger partial charge in [0.05, 0.1) is 0 Å². The Balaban J connectivity index is 1.55. The van der Waals surface area contributed by atoms with E-state index in [-0.39, 0.29) is 11.8 Å². The van der Waals surface area contributed by atoms with Crippen molar-refractivity contribution in [1.82, 2.24) is 20.5 Å². The molecule has 2 rings (SSSR count). The number of hydrogen-bond acceptors (Lipinski definition) is 2. The highest BCUT2D eigenvalue weighted by molar-refractivity contribution is 5.80. The van der Waals surface area contributed by atoms with Crippen LogP contribution in [0.4, 0.5) is 0 Å². The predicted molar refractivity (Wildman–Crippen MR) is 93.4 cm³/mol. The van der Waals surface area contributed by atoms with Gasteiger partial charge in [0.25, 0.3) is 0 Å². The van der Waals surface area contributed by atoms with Crippen molar-refractivity contribution in [3.05, 3.63) is 24.5 Å². The fraction of sp³-hybridized carbons (Fsp3) is 0.647. The molecule has 0 aromatic carbocycles. The van der Waals surface area contributed by atoms with Crippen LogP contribution in [-0.2, 0) is 11.3 Å². The van der Waals surface area contributed by atoms with E-state index in [9.17, 15) is 4.79 Å². The molecule has 1 aliphatic rings. The van der Waals surface area contributed by atoms with Gasteiger partial charge in [0, 0.05) is 51.5 Å². The molecular weight excluding hydrogens is 290 g/mol. The summed E-state index contributed by atoms with van der Waals surface area (Å²) in [6.07, 6.45) is 9.82. The minimum absolute atomic E-state index is 0.210. The van der Waals surface area contributed by atoms with Crippen LogP contribution in [-0.4, -0.2) is 43.1 Å². The summed E-state index contributed by atoms with van der Waals surface area (Å²) in [4.78, 5) is 16.2. The van der Waals surface area contributed by atoms with Crippen LogP contribution in [0.2, 0.25) is 0 Å². The molecule has 0 spiro atoms. The van der Waals surface area contributed by atoms with E-state index in [2.05, 4.69) is 25.5 Å². The fourth-order valence-corrected chi connectivity index (χ4v) is 2.92. The van der Waals surface area contributed by atoms with Crippen LogP contribution in [0.1, 0.15) is 32.1 Å². The van der Waals surface area contributed by atoms with E-state index in [0.29, 0.717) is 13.1 Å². The van der Waals surface area contributed by atoms with Crippen molar-refractivity contribution < 1.29 is 4.79 Å². The van der Waals surface area contributed by atoms with Crippen molar-refractivity contribution in [3.8, 4) is 0 Å². The first-order chi connectivity index (χ1) is 11.3.